The van der Waals surface area contributed by atoms with E-state index < -0.39 is 0 Å². The fourth-order valence-electron chi connectivity index (χ4n) is 0.730. The van der Waals surface area contributed by atoms with Gasteiger partial charge in [0.05, 0.1) is 15.6 Å². The van der Waals surface area contributed by atoms with Gasteiger partial charge in [-0.1, -0.05) is 13.8 Å². The molecule has 0 bridgehead atoms. The maximum atomic E-state index is 10.4. The van der Waals surface area contributed by atoms with Gasteiger partial charge in [0, 0.05) is 6.92 Å². The Morgan fingerprint density at radius 1 is 1.60 bits per heavy atom. The molecule has 0 aliphatic carbocycles. The summed E-state index contributed by atoms with van der Waals surface area (Å²) in [6.45, 7) is 5.54. The Balaban J connectivity index is 3.82. The summed E-state index contributed by atoms with van der Waals surface area (Å²) in [4.78, 5) is 10.4. The molecule has 0 fully saturated rings. The summed E-state index contributed by atoms with van der Waals surface area (Å²) in [5.41, 5.74) is 0. The molecular weight excluding hydrogens is 144 g/mol. The monoisotopic (exact) mass is 158 g/mol. The van der Waals surface area contributed by atoms with Crippen LogP contribution in [0.4, 0.5) is 0 Å². The number of allylic oxidation sites excluding steroid dienone is 1. The quantitative estimate of drug-likeness (QED) is 0.330. The SMILES string of the molecule is CC(=O)OC([SiH3])=CC(C)C. The molecule has 0 radical (unpaired) electrons. The minimum absolute atomic E-state index is 0.220. The Morgan fingerprint density at radius 3 is 2.40 bits per heavy atom. The van der Waals surface area contributed by atoms with Crippen molar-refractivity contribution in [1.29, 1.82) is 0 Å². The first-order valence-corrected chi connectivity index (χ1v) is 4.39. The van der Waals surface area contributed by atoms with Gasteiger partial charge in [-0.15, -0.1) is 0 Å². The molecule has 0 amide bonds. The molecule has 0 aromatic rings. The number of carbonyl (C=O) groups is 1. The molecule has 0 atom stereocenters. The fourth-order valence-corrected chi connectivity index (χ4v) is 1.68. The van der Waals surface area contributed by atoms with Crippen LogP contribution in [-0.2, 0) is 9.53 Å². The van der Waals surface area contributed by atoms with Gasteiger partial charge in [-0.05, 0) is 12.0 Å². The lowest BCUT2D eigenvalue weighted by Crippen LogP contribution is -1.99. The van der Waals surface area contributed by atoms with Crippen molar-refractivity contribution in [2.45, 2.75) is 20.8 Å². The second-order valence-corrected chi connectivity index (χ2v) is 3.60. The Labute approximate surface area is 64.7 Å². The van der Waals surface area contributed by atoms with E-state index in [2.05, 4.69) is 13.8 Å². The highest BCUT2D eigenvalue weighted by atomic mass is 28.1. The zero-order chi connectivity index (χ0) is 8.15. The van der Waals surface area contributed by atoms with E-state index in [4.69, 9.17) is 4.74 Å². The molecule has 0 saturated carbocycles. The molecule has 0 aliphatic rings. The zero-order valence-corrected chi connectivity index (χ0v) is 8.97. The van der Waals surface area contributed by atoms with Crippen LogP contribution in [0.3, 0.4) is 0 Å². The lowest BCUT2D eigenvalue weighted by atomic mass is 10.2. The van der Waals surface area contributed by atoms with Gasteiger partial charge >= 0.3 is 5.97 Å². The van der Waals surface area contributed by atoms with Gasteiger partial charge in [0.2, 0.25) is 0 Å². The minimum atomic E-state index is -0.220. The van der Waals surface area contributed by atoms with Crippen molar-refractivity contribution in [3.8, 4) is 0 Å². The second-order valence-electron chi connectivity index (χ2n) is 2.61. The summed E-state index contributed by atoms with van der Waals surface area (Å²) in [7, 11) is 0.803. The summed E-state index contributed by atoms with van der Waals surface area (Å²) in [6.07, 6.45) is 1.97. The third-order valence-corrected chi connectivity index (χ3v) is 1.41. The number of carbonyl (C=O) groups excluding carboxylic acids is 1. The normalized spacial score (nSPS) is 12.2. The average Bonchev–Trinajstić information content (AvgIpc) is 1.58. The molecule has 2 nitrogen and oxygen atoms in total. The second kappa shape index (κ2) is 4.28. The summed E-state index contributed by atoms with van der Waals surface area (Å²) >= 11 is 0. The highest BCUT2D eigenvalue weighted by Crippen LogP contribution is 1.99. The van der Waals surface area contributed by atoms with Crippen molar-refractivity contribution in [3.05, 3.63) is 11.5 Å². The molecule has 0 aromatic carbocycles. The summed E-state index contributed by atoms with van der Waals surface area (Å²) in [5.74, 6) is 0.244. The molecule has 0 aromatic heterocycles. The Morgan fingerprint density at radius 2 is 2.10 bits per heavy atom. The molecule has 0 unspecified atom stereocenters. The Kier molecular flexibility index (Phi) is 4.03. The largest absolute Gasteiger partial charge is 0.438 e. The summed E-state index contributed by atoms with van der Waals surface area (Å²) in [6, 6.07) is 0. The Bertz CT molecular complexity index is 150. The van der Waals surface area contributed by atoms with E-state index in [0.717, 1.165) is 15.6 Å². The van der Waals surface area contributed by atoms with Crippen LogP contribution >= 0.6 is 0 Å². The number of esters is 1. The van der Waals surface area contributed by atoms with Gasteiger partial charge in [0.15, 0.2) is 0 Å². The molecule has 0 saturated heterocycles. The fraction of sp³-hybridized carbons (Fsp3) is 0.571. The molecule has 0 spiro atoms. The van der Waals surface area contributed by atoms with Crippen LogP contribution in [0, 0.1) is 5.92 Å². The maximum absolute atomic E-state index is 10.4. The van der Waals surface area contributed by atoms with Gasteiger partial charge in [-0.25, -0.2) is 0 Å². The molecule has 58 valence electrons. The van der Waals surface area contributed by atoms with Gasteiger partial charge in [-0.2, -0.15) is 0 Å². The third-order valence-electron chi connectivity index (χ3n) is 0.873. The van der Waals surface area contributed by atoms with Gasteiger partial charge in [0.1, 0.15) is 0 Å². The smallest absolute Gasteiger partial charge is 0.307 e. The van der Waals surface area contributed by atoms with E-state index in [0.29, 0.717) is 5.92 Å². The predicted octanol–water partition coefficient (Wildman–Crippen LogP) is 0.412. The summed E-state index contributed by atoms with van der Waals surface area (Å²) in [5, 5.41) is 0.822. The van der Waals surface area contributed by atoms with E-state index in [-0.39, 0.29) is 5.97 Å². The first kappa shape index (κ1) is 9.43. The zero-order valence-electron chi connectivity index (χ0n) is 6.97. The summed E-state index contributed by atoms with van der Waals surface area (Å²) < 4.78 is 4.84. The maximum Gasteiger partial charge on any atom is 0.307 e. The standard InChI is InChI=1S/C7H14O2Si/c1-5(2)4-7(10)9-6(3)8/h4-5H,1-3,10H3. The van der Waals surface area contributed by atoms with Crippen molar-refractivity contribution >= 4 is 16.2 Å². The molecule has 0 N–H and O–H groups in total. The molecule has 0 aliphatic heterocycles. The van der Waals surface area contributed by atoms with Crippen LogP contribution in [0.15, 0.2) is 11.5 Å². The van der Waals surface area contributed by atoms with E-state index in [1.807, 2.05) is 6.08 Å². The topological polar surface area (TPSA) is 26.3 Å². The van der Waals surface area contributed by atoms with Crippen molar-refractivity contribution in [2.24, 2.45) is 5.92 Å². The highest BCUT2D eigenvalue weighted by molar-refractivity contribution is 6.20. The van der Waals surface area contributed by atoms with Crippen LogP contribution in [0.1, 0.15) is 20.8 Å². The van der Waals surface area contributed by atoms with Gasteiger partial charge in [0.25, 0.3) is 0 Å². The van der Waals surface area contributed by atoms with Crippen molar-refractivity contribution in [1.82, 2.24) is 0 Å². The lowest BCUT2D eigenvalue weighted by Gasteiger charge is -2.01. The van der Waals surface area contributed by atoms with Gasteiger partial charge < -0.3 is 4.74 Å². The van der Waals surface area contributed by atoms with Crippen LogP contribution in [0.2, 0.25) is 0 Å². The average molecular weight is 158 g/mol. The molecule has 3 heteroatoms. The van der Waals surface area contributed by atoms with E-state index in [1.54, 1.807) is 0 Å². The van der Waals surface area contributed by atoms with E-state index in [9.17, 15) is 4.79 Å². The van der Waals surface area contributed by atoms with Crippen molar-refractivity contribution in [3.63, 3.8) is 0 Å². The number of ether oxygens (including phenoxy) is 1. The predicted molar refractivity (Wildman–Crippen MR) is 44.6 cm³/mol. The first-order valence-electron chi connectivity index (χ1n) is 3.39. The van der Waals surface area contributed by atoms with E-state index in [1.165, 1.54) is 6.92 Å². The van der Waals surface area contributed by atoms with E-state index >= 15 is 0 Å². The van der Waals surface area contributed by atoms with Gasteiger partial charge in [-0.3, -0.25) is 4.79 Å². The van der Waals surface area contributed by atoms with Crippen molar-refractivity contribution < 1.29 is 9.53 Å². The minimum Gasteiger partial charge on any atom is -0.438 e. The number of hydrogen-bond acceptors (Lipinski definition) is 2. The van der Waals surface area contributed by atoms with Crippen LogP contribution in [0.5, 0.6) is 0 Å². The van der Waals surface area contributed by atoms with Crippen molar-refractivity contribution in [2.75, 3.05) is 0 Å². The third kappa shape index (κ3) is 5.56. The first-order chi connectivity index (χ1) is 4.52. The number of rotatable bonds is 2. The highest BCUT2D eigenvalue weighted by Gasteiger charge is 1.95. The lowest BCUT2D eigenvalue weighted by molar-refractivity contribution is -0.136. The Hall–Kier alpha value is -0.573. The molecule has 0 heterocycles. The molecule has 0 rings (SSSR count). The van der Waals surface area contributed by atoms with Crippen LogP contribution < -0.4 is 0 Å². The van der Waals surface area contributed by atoms with Crippen LogP contribution in [0.25, 0.3) is 0 Å². The van der Waals surface area contributed by atoms with Crippen LogP contribution in [-0.4, -0.2) is 16.2 Å². The molecule has 10 heavy (non-hydrogen) atoms. The number of hydrogen-bond donors (Lipinski definition) is 0. The molecular formula is C7H14O2Si.